The Morgan fingerprint density at radius 2 is 1.86 bits per heavy atom. The summed E-state index contributed by atoms with van der Waals surface area (Å²) in [4.78, 5) is 6.82. The Bertz CT molecular complexity index is 1020. The van der Waals surface area contributed by atoms with Crippen molar-refractivity contribution in [2.45, 2.75) is 17.7 Å². The number of anilines is 1. The Balaban J connectivity index is 1.35. The lowest BCUT2D eigenvalue weighted by Gasteiger charge is -2.30. The lowest BCUT2D eigenvalue weighted by molar-refractivity contribution is 0.385. The Morgan fingerprint density at radius 1 is 1.14 bits per heavy atom. The summed E-state index contributed by atoms with van der Waals surface area (Å²) in [6, 6.07) is 15.0. The fraction of sp³-hybridized carbons (Fsp3) is 0.350. The number of ether oxygens (including phenoxy) is 1. The first-order chi connectivity index (χ1) is 13.6. The zero-order valence-corrected chi connectivity index (χ0v) is 16.5. The van der Waals surface area contributed by atoms with E-state index in [9.17, 15) is 8.42 Å². The van der Waals surface area contributed by atoms with Crippen LogP contribution < -0.4 is 14.4 Å². The Morgan fingerprint density at radius 3 is 2.61 bits per heavy atom. The number of fused-ring (bicyclic) bond motifs is 1. The van der Waals surface area contributed by atoms with Crippen LogP contribution in [0.5, 0.6) is 5.75 Å². The Labute approximate surface area is 164 Å². The van der Waals surface area contributed by atoms with E-state index in [4.69, 9.17) is 9.15 Å². The normalized spacial score (nSPS) is 15.8. The number of oxazole rings is 1. The maximum Gasteiger partial charge on any atom is 0.298 e. The van der Waals surface area contributed by atoms with Gasteiger partial charge in [0.1, 0.15) is 16.2 Å². The number of para-hydroxylation sites is 3. The first kappa shape index (κ1) is 18.8. The second-order valence-electron chi connectivity index (χ2n) is 6.90. The summed E-state index contributed by atoms with van der Waals surface area (Å²) >= 11 is 0. The van der Waals surface area contributed by atoms with Gasteiger partial charge in [0.15, 0.2) is 5.58 Å². The molecule has 0 bridgehead atoms. The van der Waals surface area contributed by atoms with Crippen LogP contribution in [0, 0.1) is 5.92 Å². The second kappa shape index (κ2) is 7.81. The molecular weight excluding hydrogens is 378 g/mol. The molecule has 8 heteroatoms. The van der Waals surface area contributed by atoms with Crippen molar-refractivity contribution in [3.8, 4) is 5.75 Å². The van der Waals surface area contributed by atoms with Crippen molar-refractivity contribution >= 4 is 27.1 Å². The third-order valence-corrected chi connectivity index (χ3v) is 6.55. The van der Waals surface area contributed by atoms with Gasteiger partial charge in [-0.3, -0.25) is 0 Å². The number of rotatable bonds is 6. The number of aromatic nitrogens is 1. The van der Waals surface area contributed by atoms with Crippen molar-refractivity contribution in [3.63, 3.8) is 0 Å². The van der Waals surface area contributed by atoms with E-state index in [2.05, 4.69) is 14.6 Å². The number of nitrogens with zero attached hydrogens (tertiary/aromatic N) is 2. The Kier molecular flexibility index (Phi) is 5.23. The van der Waals surface area contributed by atoms with E-state index in [0.717, 1.165) is 37.0 Å². The number of sulfonamides is 1. The highest BCUT2D eigenvalue weighted by molar-refractivity contribution is 7.89. The van der Waals surface area contributed by atoms with Gasteiger partial charge in [0.25, 0.3) is 6.01 Å². The van der Waals surface area contributed by atoms with Gasteiger partial charge in [0.2, 0.25) is 10.0 Å². The van der Waals surface area contributed by atoms with Crippen molar-refractivity contribution in [3.05, 3.63) is 48.5 Å². The van der Waals surface area contributed by atoms with Gasteiger partial charge < -0.3 is 14.1 Å². The maximum absolute atomic E-state index is 12.6. The van der Waals surface area contributed by atoms with Crippen LogP contribution in [0.4, 0.5) is 6.01 Å². The monoisotopic (exact) mass is 401 g/mol. The molecule has 148 valence electrons. The topological polar surface area (TPSA) is 84.7 Å². The van der Waals surface area contributed by atoms with Crippen LogP contribution in [0.25, 0.3) is 11.1 Å². The molecule has 0 unspecified atom stereocenters. The van der Waals surface area contributed by atoms with Gasteiger partial charge in [-0.2, -0.15) is 4.98 Å². The van der Waals surface area contributed by atoms with Crippen LogP contribution in [0.2, 0.25) is 0 Å². The predicted octanol–water partition coefficient (Wildman–Crippen LogP) is 3.03. The lowest BCUT2D eigenvalue weighted by atomic mass is 9.97. The molecule has 0 atom stereocenters. The molecule has 7 nitrogen and oxygen atoms in total. The molecule has 3 aromatic rings. The minimum atomic E-state index is -3.60. The Hall–Kier alpha value is -2.58. The minimum absolute atomic E-state index is 0.168. The first-order valence-electron chi connectivity index (χ1n) is 9.30. The van der Waals surface area contributed by atoms with Crippen molar-refractivity contribution in [1.82, 2.24) is 9.71 Å². The fourth-order valence-electron chi connectivity index (χ4n) is 3.47. The first-order valence-corrected chi connectivity index (χ1v) is 10.8. The molecule has 2 aromatic carbocycles. The summed E-state index contributed by atoms with van der Waals surface area (Å²) in [7, 11) is -2.14. The molecule has 0 amide bonds. The van der Waals surface area contributed by atoms with Crippen molar-refractivity contribution < 1.29 is 17.6 Å². The molecule has 1 aliphatic rings. The van der Waals surface area contributed by atoms with E-state index in [-0.39, 0.29) is 10.8 Å². The van der Waals surface area contributed by atoms with Crippen LogP contribution in [-0.4, -0.2) is 40.1 Å². The molecular formula is C20H23N3O4S. The van der Waals surface area contributed by atoms with Crippen LogP contribution in [0.3, 0.4) is 0 Å². The van der Waals surface area contributed by atoms with Gasteiger partial charge in [0.05, 0.1) is 7.11 Å². The highest BCUT2D eigenvalue weighted by Crippen LogP contribution is 2.27. The molecule has 2 heterocycles. The molecule has 0 radical (unpaired) electrons. The van der Waals surface area contributed by atoms with E-state index in [1.165, 1.54) is 7.11 Å². The van der Waals surface area contributed by atoms with Gasteiger partial charge in [-0.1, -0.05) is 24.3 Å². The lowest BCUT2D eigenvalue weighted by Crippen LogP contribution is -2.38. The molecule has 1 saturated heterocycles. The third-order valence-electron chi connectivity index (χ3n) is 5.09. The molecule has 28 heavy (non-hydrogen) atoms. The molecule has 0 saturated carbocycles. The van der Waals surface area contributed by atoms with Gasteiger partial charge in [-0.15, -0.1) is 0 Å². The smallest absolute Gasteiger partial charge is 0.298 e. The second-order valence-corrected chi connectivity index (χ2v) is 8.63. The summed E-state index contributed by atoms with van der Waals surface area (Å²) in [6.45, 7) is 1.98. The molecule has 0 aliphatic carbocycles. The van der Waals surface area contributed by atoms with E-state index in [1.807, 2.05) is 24.3 Å². The summed E-state index contributed by atoms with van der Waals surface area (Å²) in [5.74, 6) is 0.617. The summed E-state index contributed by atoms with van der Waals surface area (Å²) in [6.07, 6.45) is 1.74. The van der Waals surface area contributed by atoms with Crippen LogP contribution >= 0.6 is 0 Å². The zero-order valence-electron chi connectivity index (χ0n) is 15.7. The molecule has 1 aliphatic heterocycles. The molecule has 1 fully saturated rings. The van der Waals surface area contributed by atoms with E-state index in [0.29, 0.717) is 18.3 Å². The summed E-state index contributed by atoms with van der Waals surface area (Å²) < 4.78 is 39.0. The highest BCUT2D eigenvalue weighted by atomic mass is 32.2. The predicted molar refractivity (Wildman–Crippen MR) is 107 cm³/mol. The average molecular weight is 401 g/mol. The van der Waals surface area contributed by atoms with Crippen LogP contribution in [0.15, 0.2) is 57.8 Å². The quantitative estimate of drug-likeness (QED) is 0.683. The third kappa shape index (κ3) is 3.83. The number of nitrogens with one attached hydrogen (secondary N) is 1. The van der Waals surface area contributed by atoms with Gasteiger partial charge in [-0.05, 0) is 43.0 Å². The average Bonchev–Trinajstić information content (AvgIpc) is 3.17. The van der Waals surface area contributed by atoms with E-state index in [1.54, 1.807) is 24.3 Å². The van der Waals surface area contributed by atoms with Gasteiger partial charge >= 0.3 is 0 Å². The largest absolute Gasteiger partial charge is 0.495 e. The van der Waals surface area contributed by atoms with Crippen molar-refractivity contribution in [1.29, 1.82) is 0 Å². The number of hydrogen-bond donors (Lipinski definition) is 1. The van der Waals surface area contributed by atoms with Gasteiger partial charge in [0, 0.05) is 19.6 Å². The molecule has 4 rings (SSSR count). The highest BCUT2D eigenvalue weighted by Gasteiger charge is 2.25. The number of benzene rings is 2. The number of hydrogen-bond acceptors (Lipinski definition) is 6. The fourth-order valence-corrected chi connectivity index (χ4v) is 4.75. The minimum Gasteiger partial charge on any atom is -0.495 e. The standard InChI is InChI=1S/C20H23N3O4S/c1-26-18-8-4-5-9-19(18)28(24,25)21-14-15-10-12-23(13-11-15)20-22-16-6-2-3-7-17(16)27-20/h2-9,15,21H,10-14H2,1H3. The van der Waals surface area contributed by atoms with Gasteiger partial charge in [-0.25, -0.2) is 13.1 Å². The van der Waals surface area contributed by atoms with Crippen molar-refractivity contribution in [2.24, 2.45) is 5.92 Å². The SMILES string of the molecule is COc1ccccc1S(=O)(=O)NCC1CCN(c2nc3ccccc3o2)CC1. The number of piperidine rings is 1. The zero-order chi connectivity index (χ0) is 19.6. The van der Waals surface area contributed by atoms with Crippen LogP contribution in [0.1, 0.15) is 12.8 Å². The molecule has 1 aromatic heterocycles. The summed E-state index contributed by atoms with van der Waals surface area (Å²) in [5, 5.41) is 0. The summed E-state index contributed by atoms with van der Waals surface area (Å²) in [5.41, 5.74) is 1.63. The van der Waals surface area contributed by atoms with Crippen molar-refractivity contribution in [2.75, 3.05) is 31.6 Å². The maximum atomic E-state index is 12.6. The van der Waals surface area contributed by atoms with E-state index >= 15 is 0 Å². The number of methoxy groups -OCH3 is 1. The molecule has 1 N–H and O–H groups in total. The van der Waals surface area contributed by atoms with E-state index < -0.39 is 10.0 Å². The molecule has 0 spiro atoms. The van der Waals surface area contributed by atoms with Crippen LogP contribution in [-0.2, 0) is 10.0 Å².